The minimum atomic E-state index is -0.0387. The van der Waals surface area contributed by atoms with Crippen LogP contribution in [-0.2, 0) is 11.3 Å². The number of rotatable bonds is 5. The Labute approximate surface area is 140 Å². The molecule has 2 N–H and O–H groups in total. The quantitative estimate of drug-likeness (QED) is 0.882. The number of hydrogen-bond acceptors (Lipinski definition) is 3. The summed E-state index contributed by atoms with van der Waals surface area (Å²) in [5.41, 5.74) is 1.60. The first-order valence-corrected chi connectivity index (χ1v) is 8.30. The van der Waals surface area contributed by atoms with Crippen LogP contribution in [0.25, 0.3) is 11.3 Å². The molecule has 1 aromatic carbocycles. The lowest BCUT2D eigenvalue weighted by atomic mass is 10.1. The Hall–Kier alpha value is -1.85. The Kier molecular flexibility index (Phi) is 4.98. The molecule has 5 nitrogen and oxygen atoms in total. The van der Waals surface area contributed by atoms with Crippen LogP contribution in [-0.4, -0.2) is 27.4 Å². The summed E-state index contributed by atoms with van der Waals surface area (Å²) in [5, 5.41) is 17.3. The predicted octanol–water partition coefficient (Wildman–Crippen LogP) is 3.32. The maximum absolute atomic E-state index is 12.3. The summed E-state index contributed by atoms with van der Waals surface area (Å²) in [6.07, 6.45) is 4.12. The summed E-state index contributed by atoms with van der Waals surface area (Å²) >= 11 is 6.03. The second-order valence-electron chi connectivity index (χ2n) is 5.84. The normalized spacial score (nSPS) is 15.0. The molecular formula is C17H20ClN3O2. The van der Waals surface area contributed by atoms with Crippen LogP contribution in [0.5, 0.6) is 0 Å². The molecule has 0 bridgehead atoms. The van der Waals surface area contributed by atoms with E-state index >= 15 is 0 Å². The Morgan fingerprint density at radius 2 is 2.13 bits per heavy atom. The second kappa shape index (κ2) is 7.15. The molecule has 0 spiro atoms. The lowest BCUT2D eigenvalue weighted by Crippen LogP contribution is -2.22. The van der Waals surface area contributed by atoms with Crippen molar-refractivity contribution in [3.63, 3.8) is 0 Å². The standard InChI is InChI=1S/C17H20ClN3O2/c18-14-7-3-6-13(10-14)15-11-16(21(20-15)8-9-22)19-17(23)12-4-1-2-5-12/h3,6-7,10-12,22H,1-2,4-5,8-9H2,(H,19,23). The van der Waals surface area contributed by atoms with Gasteiger partial charge >= 0.3 is 0 Å². The molecule has 6 heteroatoms. The molecule has 1 amide bonds. The van der Waals surface area contributed by atoms with Gasteiger partial charge in [-0.2, -0.15) is 5.10 Å². The van der Waals surface area contributed by atoms with Gasteiger partial charge in [0.05, 0.1) is 18.8 Å². The lowest BCUT2D eigenvalue weighted by molar-refractivity contribution is -0.119. The fraction of sp³-hybridized carbons (Fsp3) is 0.412. The molecule has 2 aromatic rings. The van der Waals surface area contributed by atoms with Gasteiger partial charge in [0.15, 0.2) is 0 Å². The molecule has 1 aromatic heterocycles. The Balaban J connectivity index is 1.85. The van der Waals surface area contributed by atoms with E-state index < -0.39 is 0 Å². The molecule has 0 unspecified atom stereocenters. The maximum atomic E-state index is 12.3. The summed E-state index contributed by atoms with van der Waals surface area (Å²) < 4.78 is 1.63. The molecule has 0 saturated heterocycles. The number of amides is 1. The number of halogens is 1. The molecule has 3 rings (SSSR count). The summed E-state index contributed by atoms with van der Waals surface area (Å²) in [5.74, 6) is 0.743. The second-order valence-corrected chi connectivity index (χ2v) is 6.28. The molecule has 23 heavy (non-hydrogen) atoms. The van der Waals surface area contributed by atoms with Gasteiger partial charge in [0.1, 0.15) is 5.82 Å². The van der Waals surface area contributed by atoms with Crippen LogP contribution < -0.4 is 5.32 Å². The van der Waals surface area contributed by atoms with Gasteiger partial charge in [-0.15, -0.1) is 0 Å². The van der Waals surface area contributed by atoms with Gasteiger partial charge in [-0.1, -0.05) is 36.6 Å². The van der Waals surface area contributed by atoms with Crippen LogP contribution in [0.15, 0.2) is 30.3 Å². The number of nitrogens with one attached hydrogen (secondary N) is 1. The first kappa shape index (κ1) is 16.0. The number of hydrogen-bond donors (Lipinski definition) is 2. The Bertz CT molecular complexity index is 693. The third kappa shape index (κ3) is 3.74. The fourth-order valence-electron chi connectivity index (χ4n) is 2.99. The highest BCUT2D eigenvalue weighted by Gasteiger charge is 2.24. The number of aliphatic hydroxyl groups is 1. The van der Waals surface area contributed by atoms with E-state index in [1.54, 1.807) is 10.7 Å². The van der Waals surface area contributed by atoms with Gasteiger partial charge in [-0.25, -0.2) is 4.68 Å². The third-order valence-corrected chi connectivity index (χ3v) is 4.42. The zero-order valence-corrected chi connectivity index (χ0v) is 13.6. The van der Waals surface area contributed by atoms with Crippen molar-refractivity contribution < 1.29 is 9.90 Å². The largest absolute Gasteiger partial charge is 0.394 e. The SMILES string of the molecule is O=C(Nc1cc(-c2cccc(Cl)c2)nn1CCO)C1CCCC1. The van der Waals surface area contributed by atoms with Crippen LogP contribution >= 0.6 is 11.6 Å². The number of anilines is 1. The smallest absolute Gasteiger partial charge is 0.228 e. The van der Waals surface area contributed by atoms with Crippen molar-refractivity contribution in [2.45, 2.75) is 32.2 Å². The van der Waals surface area contributed by atoms with Gasteiger partial charge in [0.2, 0.25) is 5.91 Å². The topological polar surface area (TPSA) is 67.2 Å². The Morgan fingerprint density at radius 3 is 2.83 bits per heavy atom. The molecule has 0 radical (unpaired) electrons. The summed E-state index contributed by atoms with van der Waals surface area (Å²) in [6, 6.07) is 9.24. The van der Waals surface area contributed by atoms with E-state index in [2.05, 4.69) is 10.4 Å². The fourth-order valence-corrected chi connectivity index (χ4v) is 3.18. The minimum Gasteiger partial charge on any atom is -0.394 e. The van der Waals surface area contributed by atoms with Gasteiger partial charge in [-0.05, 0) is 25.0 Å². The molecular weight excluding hydrogens is 314 g/mol. The van der Waals surface area contributed by atoms with E-state index in [0.717, 1.165) is 36.9 Å². The third-order valence-electron chi connectivity index (χ3n) is 4.19. The van der Waals surface area contributed by atoms with E-state index in [1.807, 2.05) is 24.3 Å². The molecule has 1 aliphatic carbocycles. The van der Waals surface area contributed by atoms with E-state index in [4.69, 9.17) is 11.6 Å². The average Bonchev–Trinajstić information content (AvgIpc) is 3.18. The zero-order valence-electron chi connectivity index (χ0n) is 12.8. The van der Waals surface area contributed by atoms with Gasteiger partial charge in [0, 0.05) is 22.6 Å². The van der Waals surface area contributed by atoms with E-state index in [9.17, 15) is 9.90 Å². The van der Waals surface area contributed by atoms with Crippen LogP contribution in [0, 0.1) is 5.92 Å². The zero-order chi connectivity index (χ0) is 16.2. The van der Waals surface area contributed by atoms with Crippen molar-refractivity contribution in [1.82, 2.24) is 9.78 Å². The number of aromatic nitrogens is 2. The highest BCUT2D eigenvalue weighted by Crippen LogP contribution is 2.28. The highest BCUT2D eigenvalue weighted by molar-refractivity contribution is 6.30. The van der Waals surface area contributed by atoms with Crippen LogP contribution in [0.1, 0.15) is 25.7 Å². The summed E-state index contributed by atoms with van der Waals surface area (Å²) in [6.45, 7) is 0.295. The van der Waals surface area contributed by atoms with Crippen molar-refractivity contribution in [1.29, 1.82) is 0 Å². The molecule has 1 saturated carbocycles. The van der Waals surface area contributed by atoms with Crippen molar-refractivity contribution in [2.24, 2.45) is 5.92 Å². The molecule has 1 fully saturated rings. The number of nitrogens with zero attached hydrogens (tertiary/aromatic N) is 2. The first-order chi connectivity index (χ1) is 11.2. The van der Waals surface area contributed by atoms with Crippen LogP contribution in [0.2, 0.25) is 5.02 Å². The van der Waals surface area contributed by atoms with E-state index in [0.29, 0.717) is 17.4 Å². The molecule has 0 aliphatic heterocycles. The minimum absolute atomic E-state index is 0.0387. The number of carbonyl (C=O) groups excluding carboxylic acids is 1. The molecule has 1 heterocycles. The van der Waals surface area contributed by atoms with Gasteiger partial charge in [0.25, 0.3) is 0 Å². The van der Waals surface area contributed by atoms with Crippen molar-refractivity contribution in [3.05, 3.63) is 35.4 Å². The van der Waals surface area contributed by atoms with E-state index in [-0.39, 0.29) is 18.4 Å². The van der Waals surface area contributed by atoms with Gasteiger partial charge in [-0.3, -0.25) is 4.79 Å². The van der Waals surface area contributed by atoms with Gasteiger partial charge < -0.3 is 10.4 Å². The summed E-state index contributed by atoms with van der Waals surface area (Å²) in [7, 11) is 0. The van der Waals surface area contributed by atoms with Crippen LogP contribution in [0.4, 0.5) is 5.82 Å². The molecule has 122 valence electrons. The number of carbonyl (C=O) groups is 1. The maximum Gasteiger partial charge on any atom is 0.228 e. The number of benzene rings is 1. The number of aliphatic hydroxyl groups excluding tert-OH is 1. The van der Waals surface area contributed by atoms with Crippen molar-refractivity contribution in [2.75, 3.05) is 11.9 Å². The summed E-state index contributed by atoms with van der Waals surface area (Å²) in [4.78, 5) is 12.3. The molecule has 1 aliphatic rings. The average molecular weight is 334 g/mol. The highest BCUT2D eigenvalue weighted by atomic mass is 35.5. The van der Waals surface area contributed by atoms with Crippen LogP contribution in [0.3, 0.4) is 0 Å². The van der Waals surface area contributed by atoms with E-state index in [1.165, 1.54) is 0 Å². The first-order valence-electron chi connectivity index (χ1n) is 7.93. The van der Waals surface area contributed by atoms with Crippen molar-refractivity contribution >= 4 is 23.3 Å². The Morgan fingerprint density at radius 1 is 1.35 bits per heavy atom. The molecule has 0 atom stereocenters. The van der Waals surface area contributed by atoms with Crippen molar-refractivity contribution in [3.8, 4) is 11.3 Å². The lowest BCUT2D eigenvalue weighted by Gasteiger charge is -2.11. The predicted molar refractivity (Wildman–Crippen MR) is 90.3 cm³/mol. The monoisotopic (exact) mass is 333 g/mol.